The zero-order valence-corrected chi connectivity index (χ0v) is 11.6. The molecule has 0 spiro atoms. The molecule has 0 atom stereocenters. The molecule has 0 unspecified atom stereocenters. The van der Waals surface area contributed by atoms with Crippen molar-refractivity contribution < 1.29 is 4.18 Å². The molecule has 0 radical (unpaired) electrons. The van der Waals surface area contributed by atoms with Crippen molar-refractivity contribution >= 4 is 12.0 Å². The minimum absolute atomic E-state index is 0.536. The van der Waals surface area contributed by atoms with Gasteiger partial charge in [-0.3, -0.25) is 0 Å². The highest BCUT2D eigenvalue weighted by molar-refractivity contribution is 7.94. The lowest BCUT2D eigenvalue weighted by molar-refractivity contribution is 0.441. The van der Waals surface area contributed by atoms with Gasteiger partial charge in [-0.1, -0.05) is 37.0 Å². The fourth-order valence-electron chi connectivity index (χ4n) is 1.82. The molecule has 0 saturated heterocycles. The summed E-state index contributed by atoms with van der Waals surface area (Å²) in [5, 5.41) is 0. The van der Waals surface area contributed by atoms with Crippen LogP contribution in [0.3, 0.4) is 0 Å². The highest BCUT2D eigenvalue weighted by Crippen LogP contribution is 2.17. The van der Waals surface area contributed by atoms with Crippen LogP contribution in [0.25, 0.3) is 0 Å². The van der Waals surface area contributed by atoms with Gasteiger partial charge in [0.25, 0.3) is 0 Å². The van der Waals surface area contributed by atoms with Gasteiger partial charge in [-0.05, 0) is 31.9 Å². The zero-order valence-electron chi connectivity index (χ0n) is 10.8. The Balaban J connectivity index is 0.000000181. The van der Waals surface area contributed by atoms with Crippen LogP contribution in [0.4, 0.5) is 0 Å². The van der Waals surface area contributed by atoms with Crippen molar-refractivity contribution in [2.24, 2.45) is 5.73 Å². The van der Waals surface area contributed by atoms with Crippen molar-refractivity contribution in [1.29, 1.82) is 0 Å². The van der Waals surface area contributed by atoms with Crippen LogP contribution in [-0.2, 0) is 4.18 Å². The maximum Gasteiger partial charge on any atom is 0.0508 e. The van der Waals surface area contributed by atoms with Gasteiger partial charge in [0, 0.05) is 23.0 Å². The van der Waals surface area contributed by atoms with Crippen LogP contribution in [0, 0.1) is 6.92 Å². The number of rotatable bonds is 2. The zero-order chi connectivity index (χ0) is 12.5. The molecule has 2 nitrogen and oxygen atoms in total. The first kappa shape index (κ1) is 14.6. The smallest absolute Gasteiger partial charge is 0.0508 e. The van der Waals surface area contributed by atoms with Gasteiger partial charge in [0.15, 0.2) is 0 Å². The third kappa shape index (κ3) is 6.71. The lowest BCUT2D eigenvalue weighted by atomic mass is 9.97. The van der Waals surface area contributed by atoms with E-state index in [1.165, 1.54) is 49.7 Å². The van der Waals surface area contributed by atoms with E-state index < -0.39 is 0 Å². The fourth-order valence-corrected chi connectivity index (χ4v) is 2.26. The third-order valence-electron chi connectivity index (χ3n) is 2.85. The van der Waals surface area contributed by atoms with E-state index in [1.54, 1.807) is 7.11 Å². The molecule has 1 aliphatic carbocycles. The van der Waals surface area contributed by atoms with Crippen molar-refractivity contribution in [3.63, 3.8) is 0 Å². The summed E-state index contributed by atoms with van der Waals surface area (Å²) in [4.78, 5) is 1.15. The molecule has 0 aromatic heterocycles. The van der Waals surface area contributed by atoms with Crippen molar-refractivity contribution in [1.82, 2.24) is 0 Å². The largest absolute Gasteiger partial charge is 0.328 e. The molecular weight excluding hydrogens is 230 g/mol. The minimum Gasteiger partial charge on any atom is -0.328 e. The highest BCUT2D eigenvalue weighted by atomic mass is 32.2. The Hall–Kier alpha value is -0.510. The fraction of sp³-hybridized carbons (Fsp3) is 0.571. The Morgan fingerprint density at radius 3 is 2.12 bits per heavy atom. The summed E-state index contributed by atoms with van der Waals surface area (Å²) in [6.07, 6.45) is 6.66. The molecule has 96 valence electrons. The van der Waals surface area contributed by atoms with Crippen LogP contribution in [0.2, 0.25) is 0 Å². The minimum atomic E-state index is 0.536. The topological polar surface area (TPSA) is 35.2 Å². The summed E-state index contributed by atoms with van der Waals surface area (Å²) in [6, 6.07) is 8.77. The summed E-state index contributed by atoms with van der Waals surface area (Å²) >= 11 is 1.38. The SMILES string of the molecule is COSc1ccc(C)cc1.NC1CCCCC1. The molecule has 1 fully saturated rings. The van der Waals surface area contributed by atoms with Crippen LogP contribution in [0.5, 0.6) is 0 Å². The molecule has 3 heteroatoms. The summed E-state index contributed by atoms with van der Waals surface area (Å²) in [7, 11) is 1.67. The van der Waals surface area contributed by atoms with E-state index in [9.17, 15) is 0 Å². The van der Waals surface area contributed by atoms with Crippen LogP contribution in [0.1, 0.15) is 37.7 Å². The van der Waals surface area contributed by atoms with Gasteiger partial charge in [0.2, 0.25) is 0 Å². The molecule has 2 N–H and O–H groups in total. The molecular formula is C14H23NOS. The molecule has 0 amide bonds. The molecule has 0 heterocycles. The van der Waals surface area contributed by atoms with E-state index in [4.69, 9.17) is 9.92 Å². The number of hydrogen-bond donors (Lipinski definition) is 1. The van der Waals surface area contributed by atoms with Crippen LogP contribution < -0.4 is 5.73 Å². The third-order valence-corrected chi connectivity index (χ3v) is 3.48. The van der Waals surface area contributed by atoms with Gasteiger partial charge in [-0.25, -0.2) is 0 Å². The second-order valence-electron chi connectivity index (χ2n) is 4.46. The molecule has 2 rings (SSSR count). The van der Waals surface area contributed by atoms with E-state index >= 15 is 0 Å². The summed E-state index contributed by atoms with van der Waals surface area (Å²) in [5.41, 5.74) is 6.91. The monoisotopic (exact) mass is 253 g/mol. The van der Waals surface area contributed by atoms with Crippen LogP contribution >= 0.6 is 12.0 Å². The average Bonchev–Trinajstić information content (AvgIpc) is 2.34. The van der Waals surface area contributed by atoms with Gasteiger partial charge in [0.05, 0.1) is 7.11 Å². The van der Waals surface area contributed by atoms with E-state index in [2.05, 4.69) is 19.1 Å². The van der Waals surface area contributed by atoms with Gasteiger partial charge < -0.3 is 9.92 Å². The maximum absolute atomic E-state index is 5.63. The lowest BCUT2D eigenvalue weighted by Crippen LogP contribution is -2.22. The van der Waals surface area contributed by atoms with Gasteiger partial charge >= 0.3 is 0 Å². The predicted molar refractivity (Wildman–Crippen MR) is 75.1 cm³/mol. The number of aryl methyl sites for hydroxylation is 1. The molecule has 1 aromatic rings. The number of nitrogens with two attached hydrogens (primary N) is 1. The van der Waals surface area contributed by atoms with Crippen molar-refractivity contribution in [3.8, 4) is 0 Å². The summed E-state index contributed by atoms with van der Waals surface area (Å²) < 4.78 is 4.88. The van der Waals surface area contributed by atoms with Crippen molar-refractivity contribution in [2.75, 3.05) is 7.11 Å². The maximum atomic E-state index is 5.63. The Labute approximate surface area is 109 Å². The van der Waals surface area contributed by atoms with Gasteiger partial charge in [-0.15, -0.1) is 0 Å². The van der Waals surface area contributed by atoms with Crippen LogP contribution in [0.15, 0.2) is 29.2 Å². The standard InChI is InChI=1S/C8H10OS.C6H13N/c1-7-3-5-8(6-4-7)10-9-2;7-6-4-2-1-3-5-6/h3-6H,1-2H3;6H,1-5,7H2. The van der Waals surface area contributed by atoms with E-state index in [0.29, 0.717) is 6.04 Å². The normalized spacial score (nSPS) is 16.2. The lowest BCUT2D eigenvalue weighted by Gasteiger charge is -2.15. The Bertz CT molecular complexity index is 294. The van der Waals surface area contributed by atoms with Crippen molar-refractivity contribution in [3.05, 3.63) is 29.8 Å². The average molecular weight is 253 g/mol. The number of benzene rings is 1. The van der Waals surface area contributed by atoms with E-state index in [-0.39, 0.29) is 0 Å². The van der Waals surface area contributed by atoms with Gasteiger partial charge in [0.1, 0.15) is 0 Å². The first-order valence-electron chi connectivity index (χ1n) is 6.25. The molecule has 0 bridgehead atoms. The Kier molecular flexibility index (Phi) is 7.33. The van der Waals surface area contributed by atoms with E-state index in [0.717, 1.165) is 4.90 Å². The molecule has 1 saturated carbocycles. The second-order valence-corrected chi connectivity index (χ2v) is 5.43. The predicted octanol–water partition coefficient (Wildman–Crippen LogP) is 3.93. The Morgan fingerprint density at radius 1 is 1.12 bits per heavy atom. The first-order valence-corrected chi connectivity index (χ1v) is 6.99. The molecule has 1 aromatic carbocycles. The van der Waals surface area contributed by atoms with Gasteiger partial charge in [-0.2, -0.15) is 0 Å². The molecule has 1 aliphatic rings. The summed E-state index contributed by atoms with van der Waals surface area (Å²) in [6.45, 7) is 2.07. The molecule has 0 aliphatic heterocycles. The number of hydrogen-bond acceptors (Lipinski definition) is 3. The highest BCUT2D eigenvalue weighted by Gasteiger charge is 2.06. The van der Waals surface area contributed by atoms with E-state index in [1.807, 2.05) is 12.1 Å². The second kappa shape index (κ2) is 8.56. The summed E-state index contributed by atoms with van der Waals surface area (Å²) in [5.74, 6) is 0. The first-order chi connectivity index (χ1) is 8.22. The Morgan fingerprint density at radius 2 is 1.71 bits per heavy atom. The van der Waals surface area contributed by atoms with Crippen LogP contribution in [-0.4, -0.2) is 13.2 Å². The quantitative estimate of drug-likeness (QED) is 0.811. The molecule has 17 heavy (non-hydrogen) atoms. The van der Waals surface area contributed by atoms with Crippen molar-refractivity contribution in [2.45, 2.75) is 50.0 Å².